The molecule has 1 fully saturated rings. The van der Waals surface area contributed by atoms with E-state index in [4.69, 9.17) is 4.74 Å². The first-order valence-corrected chi connectivity index (χ1v) is 10.0. The van der Waals surface area contributed by atoms with Crippen LogP contribution in [0, 0.1) is 0 Å². The molecule has 2 amide bonds. The number of anilines is 1. The molecule has 1 atom stereocenters. The molecule has 0 aliphatic carbocycles. The number of hydrogen-bond acceptors (Lipinski definition) is 7. The van der Waals surface area contributed by atoms with Crippen LogP contribution in [0.1, 0.15) is 18.2 Å². The molecule has 0 unspecified atom stereocenters. The van der Waals surface area contributed by atoms with Crippen molar-refractivity contribution in [2.24, 2.45) is 10.2 Å². The fourth-order valence-corrected chi connectivity index (χ4v) is 3.77. The zero-order valence-electron chi connectivity index (χ0n) is 14.5. The van der Waals surface area contributed by atoms with Crippen LogP contribution in [0.15, 0.2) is 52.0 Å². The summed E-state index contributed by atoms with van der Waals surface area (Å²) in [6.45, 7) is 2.49. The summed E-state index contributed by atoms with van der Waals surface area (Å²) in [5.41, 5.74) is 0.654. The smallest absolute Gasteiger partial charge is 0.240 e. The molecular formula is C18H18N4O3S2. The van der Waals surface area contributed by atoms with Gasteiger partial charge in [-0.2, -0.15) is 5.10 Å². The molecule has 1 aliphatic rings. The number of amides is 2. The number of thiophene rings is 1. The first-order chi connectivity index (χ1) is 13.1. The zero-order valence-corrected chi connectivity index (χ0v) is 16.2. The molecule has 0 saturated carbocycles. The lowest BCUT2D eigenvalue weighted by molar-refractivity contribution is -0.122. The average Bonchev–Trinajstić information content (AvgIpc) is 3.27. The minimum absolute atomic E-state index is 0.0529. The molecule has 27 heavy (non-hydrogen) atoms. The van der Waals surface area contributed by atoms with Gasteiger partial charge < -0.3 is 15.4 Å². The van der Waals surface area contributed by atoms with Gasteiger partial charge in [-0.25, -0.2) is 0 Å². The van der Waals surface area contributed by atoms with E-state index in [1.807, 2.05) is 24.4 Å². The SMILES string of the molecule is CCOc1ccc(NC(=O)C[C@H]2S/C(=N/N=Cc3cccs3)NC2=O)cc1. The van der Waals surface area contributed by atoms with Crippen molar-refractivity contribution in [3.05, 3.63) is 46.7 Å². The number of thioether (sulfide) groups is 1. The fraction of sp³-hybridized carbons (Fsp3) is 0.222. The number of nitrogens with zero attached hydrogens (tertiary/aromatic N) is 2. The van der Waals surface area contributed by atoms with Crippen molar-refractivity contribution >= 4 is 52.0 Å². The summed E-state index contributed by atoms with van der Waals surface area (Å²) < 4.78 is 5.36. The van der Waals surface area contributed by atoms with Crippen molar-refractivity contribution in [1.29, 1.82) is 0 Å². The first kappa shape index (κ1) is 19.1. The quantitative estimate of drug-likeness (QED) is 0.550. The largest absolute Gasteiger partial charge is 0.494 e. The van der Waals surface area contributed by atoms with Crippen molar-refractivity contribution in [3.8, 4) is 5.75 Å². The Kier molecular flexibility index (Phi) is 6.61. The van der Waals surface area contributed by atoms with Crippen molar-refractivity contribution in [3.63, 3.8) is 0 Å². The first-order valence-electron chi connectivity index (χ1n) is 8.29. The summed E-state index contributed by atoms with van der Waals surface area (Å²) in [6, 6.07) is 10.9. The van der Waals surface area contributed by atoms with E-state index >= 15 is 0 Å². The number of rotatable bonds is 7. The van der Waals surface area contributed by atoms with Gasteiger partial charge in [0.2, 0.25) is 11.8 Å². The maximum absolute atomic E-state index is 12.2. The second-order valence-electron chi connectivity index (χ2n) is 5.47. The van der Waals surface area contributed by atoms with E-state index in [2.05, 4.69) is 20.8 Å². The minimum atomic E-state index is -0.525. The monoisotopic (exact) mass is 402 g/mol. The van der Waals surface area contributed by atoms with Crippen LogP contribution in [0.4, 0.5) is 5.69 Å². The molecule has 2 aromatic rings. The van der Waals surface area contributed by atoms with E-state index in [1.54, 1.807) is 41.8 Å². The third-order valence-corrected chi connectivity index (χ3v) is 5.35. The summed E-state index contributed by atoms with van der Waals surface area (Å²) in [5.74, 6) is 0.257. The van der Waals surface area contributed by atoms with Crippen molar-refractivity contribution < 1.29 is 14.3 Å². The highest BCUT2D eigenvalue weighted by Crippen LogP contribution is 2.23. The van der Waals surface area contributed by atoms with E-state index in [0.717, 1.165) is 10.6 Å². The van der Waals surface area contributed by atoms with Gasteiger partial charge in [0.15, 0.2) is 5.17 Å². The number of ether oxygens (including phenoxy) is 1. The Morgan fingerprint density at radius 1 is 1.33 bits per heavy atom. The van der Waals surface area contributed by atoms with E-state index in [-0.39, 0.29) is 18.2 Å². The van der Waals surface area contributed by atoms with E-state index in [9.17, 15) is 9.59 Å². The van der Waals surface area contributed by atoms with Gasteiger partial charge in [-0.3, -0.25) is 9.59 Å². The molecule has 2 N–H and O–H groups in total. The van der Waals surface area contributed by atoms with E-state index in [0.29, 0.717) is 17.5 Å². The lowest BCUT2D eigenvalue weighted by Gasteiger charge is -2.08. The molecule has 3 rings (SSSR count). The zero-order chi connectivity index (χ0) is 19.1. The van der Waals surface area contributed by atoms with Gasteiger partial charge in [-0.15, -0.1) is 16.4 Å². The standard InChI is InChI=1S/C18H18N4O3S2/c1-2-25-13-7-5-12(6-8-13)20-16(23)10-15-17(24)21-18(27-15)22-19-11-14-4-3-9-26-14/h3-9,11,15H,2,10H2,1H3,(H,20,23)(H,21,22,24)/t15-/m1/s1. The molecule has 1 aliphatic heterocycles. The van der Waals surface area contributed by atoms with Gasteiger partial charge >= 0.3 is 0 Å². The molecule has 7 nitrogen and oxygen atoms in total. The van der Waals surface area contributed by atoms with Crippen molar-refractivity contribution in [2.75, 3.05) is 11.9 Å². The van der Waals surface area contributed by atoms with Crippen LogP contribution < -0.4 is 15.4 Å². The predicted molar refractivity (Wildman–Crippen MR) is 110 cm³/mol. The Balaban J connectivity index is 1.51. The number of hydrogen-bond donors (Lipinski definition) is 2. The minimum Gasteiger partial charge on any atom is -0.494 e. The Morgan fingerprint density at radius 2 is 2.15 bits per heavy atom. The van der Waals surface area contributed by atoms with Gasteiger partial charge in [0.1, 0.15) is 11.0 Å². The Morgan fingerprint density at radius 3 is 2.85 bits per heavy atom. The average molecular weight is 403 g/mol. The molecule has 0 spiro atoms. The Bertz CT molecular complexity index is 848. The number of carbonyl (C=O) groups excluding carboxylic acids is 2. The van der Waals surface area contributed by atoms with E-state index in [1.165, 1.54) is 11.8 Å². The number of nitrogens with one attached hydrogen (secondary N) is 2. The van der Waals surface area contributed by atoms with Gasteiger partial charge in [0, 0.05) is 17.0 Å². The molecule has 140 valence electrons. The van der Waals surface area contributed by atoms with Crippen molar-refractivity contribution in [1.82, 2.24) is 5.32 Å². The number of benzene rings is 1. The van der Waals surface area contributed by atoms with Crippen LogP contribution in [0.3, 0.4) is 0 Å². The van der Waals surface area contributed by atoms with Gasteiger partial charge in [0.05, 0.1) is 12.8 Å². The van der Waals surface area contributed by atoms with Crippen LogP contribution in [-0.4, -0.2) is 35.1 Å². The fourth-order valence-electron chi connectivity index (χ4n) is 2.27. The topological polar surface area (TPSA) is 92.2 Å². The summed E-state index contributed by atoms with van der Waals surface area (Å²) >= 11 is 2.75. The molecule has 1 aromatic heterocycles. The third-order valence-electron chi connectivity index (χ3n) is 3.47. The normalized spacial score (nSPS) is 18.0. The van der Waals surface area contributed by atoms with Crippen LogP contribution in [0.25, 0.3) is 0 Å². The highest BCUT2D eigenvalue weighted by Gasteiger charge is 2.32. The molecule has 0 radical (unpaired) electrons. The molecule has 0 bridgehead atoms. The lowest BCUT2D eigenvalue weighted by Crippen LogP contribution is -2.28. The molecule has 1 aromatic carbocycles. The second-order valence-corrected chi connectivity index (χ2v) is 7.64. The van der Waals surface area contributed by atoms with Crippen LogP contribution in [0.2, 0.25) is 0 Å². The second kappa shape index (κ2) is 9.33. The van der Waals surface area contributed by atoms with Gasteiger partial charge in [-0.1, -0.05) is 17.8 Å². The Labute approximate surface area is 164 Å². The number of amidine groups is 1. The summed E-state index contributed by atoms with van der Waals surface area (Å²) in [4.78, 5) is 25.2. The summed E-state index contributed by atoms with van der Waals surface area (Å²) in [5, 5.41) is 15.2. The van der Waals surface area contributed by atoms with Gasteiger partial charge in [0.25, 0.3) is 0 Å². The van der Waals surface area contributed by atoms with Crippen LogP contribution in [-0.2, 0) is 9.59 Å². The summed E-state index contributed by atoms with van der Waals surface area (Å²) in [6.07, 6.45) is 1.67. The third kappa shape index (κ3) is 5.66. The highest BCUT2D eigenvalue weighted by molar-refractivity contribution is 8.15. The molecule has 2 heterocycles. The highest BCUT2D eigenvalue weighted by atomic mass is 32.2. The van der Waals surface area contributed by atoms with Crippen LogP contribution in [0.5, 0.6) is 5.75 Å². The summed E-state index contributed by atoms with van der Waals surface area (Å²) in [7, 11) is 0. The van der Waals surface area contributed by atoms with Crippen LogP contribution >= 0.6 is 23.1 Å². The molecule has 9 heteroatoms. The Hall–Kier alpha value is -2.65. The lowest BCUT2D eigenvalue weighted by atomic mass is 10.2. The molecule has 1 saturated heterocycles. The van der Waals surface area contributed by atoms with Gasteiger partial charge in [-0.05, 0) is 42.6 Å². The maximum Gasteiger partial charge on any atom is 0.240 e. The maximum atomic E-state index is 12.2. The predicted octanol–water partition coefficient (Wildman–Crippen LogP) is 3.10. The molecular weight excluding hydrogens is 384 g/mol. The van der Waals surface area contributed by atoms with E-state index < -0.39 is 5.25 Å². The van der Waals surface area contributed by atoms with Crippen molar-refractivity contribution in [2.45, 2.75) is 18.6 Å². The number of carbonyl (C=O) groups is 2.